The topological polar surface area (TPSA) is 84.5 Å². The Labute approximate surface area is 125 Å². The molecule has 0 radical (unpaired) electrons. The number of thiophene rings is 1. The summed E-state index contributed by atoms with van der Waals surface area (Å²) in [7, 11) is 0. The number of carbonyl (C=O) groups is 3. The Morgan fingerprint density at radius 2 is 2.00 bits per heavy atom. The Hall–Kier alpha value is -2.41. The Kier molecular flexibility index (Phi) is 4.89. The maximum absolute atomic E-state index is 11.8. The molecule has 0 unspecified atom stereocenters. The van der Waals surface area contributed by atoms with Crippen LogP contribution in [0.3, 0.4) is 0 Å². The minimum absolute atomic E-state index is 0.403. The highest BCUT2D eigenvalue weighted by atomic mass is 32.1. The minimum atomic E-state index is -0.671. The van der Waals surface area contributed by atoms with Gasteiger partial charge in [0.15, 0.2) is 6.61 Å². The normalized spacial score (nSPS) is 10.1. The zero-order valence-electron chi connectivity index (χ0n) is 11.3. The first-order chi connectivity index (χ1) is 10.1. The molecule has 0 bridgehead atoms. The first kappa shape index (κ1) is 15.0. The van der Waals surface area contributed by atoms with Crippen LogP contribution in [0.4, 0.5) is 4.79 Å². The molecule has 6 nitrogen and oxygen atoms in total. The van der Waals surface area contributed by atoms with E-state index in [1.54, 1.807) is 13.0 Å². The van der Waals surface area contributed by atoms with Gasteiger partial charge in [-0.15, -0.1) is 11.3 Å². The van der Waals surface area contributed by atoms with Gasteiger partial charge >= 0.3 is 12.0 Å². The molecule has 1 heterocycles. The molecule has 0 saturated heterocycles. The fourth-order valence-electron chi connectivity index (χ4n) is 1.65. The van der Waals surface area contributed by atoms with E-state index in [9.17, 15) is 14.4 Å². The molecule has 0 atom stereocenters. The highest BCUT2D eigenvalue weighted by Crippen LogP contribution is 2.25. The summed E-state index contributed by atoms with van der Waals surface area (Å²) in [4.78, 5) is 34.8. The van der Waals surface area contributed by atoms with Crippen molar-refractivity contribution in [3.05, 3.63) is 35.2 Å². The second-order valence-electron chi connectivity index (χ2n) is 4.13. The molecule has 0 saturated carbocycles. The van der Waals surface area contributed by atoms with Gasteiger partial charge < -0.3 is 10.1 Å². The van der Waals surface area contributed by atoms with Crippen LogP contribution >= 0.6 is 11.3 Å². The number of nitrogens with one attached hydrogen (secondary N) is 2. The molecule has 110 valence electrons. The number of carbonyl (C=O) groups excluding carboxylic acids is 3. The van der Waals surface area contributed by atoms with Crippen molar-refractivity contribution in [3.63, 3.8) is 0 Å². The molecule has 0 aliphatic carbocycles. The van der Waals surface area contributed by atoms with E-state index in [1.807, 2.05) is 24.3 Å². The van der Waals surface area contributed by atoms with E-state index in [1.165, 1.54) is 11.3 Å². The second kappa shape index (κ2) is 6.85. The van der Waals surface area contributed by atoms with Crippen molar-refractivity contribution in [2.75, 3.05) is 13.2 Å². The molecule has 2 rings (SSSR count). The Morgan fingerprint density at radius 1 is 1.24 bits per heavy atom. The van der Waals surface area contributed by atoms with Crippen LogP contribution in [0.1, 0.15) is 16.6 Å². The minimum Gasteiger partial charge on any atom is -0.451 e. The van der Waals surface area contributed by atoms with Gasteiger partial charge in [0.25, 0.3) is 5.91 Å². The molecule has 1 aromatic heterocycles. The molecule has 0 fully saturated rings. The van der Waals surface area contributed by atoms with Crippen LogP contribution in [0.15, 0.2) is 30.3 Å². The van der Waals surface area contributed by atoms with E-state index < -0.39 is 24.5 Å². The largest absolute Gasteiger partial charge is 0.451 e. The van der Waals surface area contributed by atoms with Crippen LogP contribution in [0, 0.1) is 0 Å². The summed E-state index contributed by atoms with van der Waals surface area (Å²) in [5.41, 5.74) is 0. The maximum Gasteiger partial charge on any atom is 0.348 e. The summed E-state index contributed by atoms with van der Waals surface area (Å²) in [6, 6.07) is 8.66. The number of amides is 3. The van der Waals surface area contributed by atoms with Crippen LogP contribution in [0.5, 0.6) is 0 Å². The van der Waals surface area contributed by atoms with Gasteiger partial charge in [-0.25, -0.2) is 9.59 Å². The van der Waals surface area contributed by atoms with Crippen LogP contribution in [0.2, 0.25) is 0 Å². The van der Waals surface area contributed by atoms with Crippen LogP contribution < -0.4 is 10.6 Å². The number of benzene rings is 1. The number of esters is 1. The van der Waals surface area contributed by atoms with Gasteiger partial charge in [0.2, 0.25) is 0 Å². The molecule has 0 aliphatic heterocycles. The lowest BCUT2D eigenvalue weighted by Crippen LogP contribution is -2.41. The highest BCUT2D eigenvalue weighted by Gasteiger charge is 2.14. The Bertz CT molecular complexity index is 647. The monoisotopic (exact) mass is 306 g/mol. The predicted molar refractivity (Wildman–Crippen MR) is 79.3 cm³/mol. The first-order valence-corrected chi connectivity index (χ1v) is 7.15. The number of rotatable bonds is 4. The fraction of sp³-hybridized carbons (Fsp3) is 0.214. The van der Waals surface area contributed by atoms with Crippen molar-refractivity contribution >= 4 is 39.3 Å². The first-order valence-electron chi connectivity index (χ1n) is 6.33. The standard InChI is InChI=1S/C14H14N2O4S/c1-2-15-14(19)16-12(17)8-20-13(18)11-7-9-5-3-4-6-10(9)21-11/h3-7H,2,8H2,1H3,(H2,15,16,17,19). The molecule has 2 N–H and O–H groups in total. The third kappa shape index (κ3) is 4.03. The molecule has 7 heteroatoms. The number of fused-ring (bicyclic) bond motifs is 1. The zero-order valence-corrected chi connectivity index (χ0v) is 12.2. The van der Waals surface area contributed by atoms with Crippen molar-refractivity contribution in [2.24, 2.45) is 0 Å². The van der Waals surface area contributed by atoms with Gasteiger partial charge in [-0.3, -0.25) is 10.1 Å². The molecule has 0 spiro atoms. The van der Waals surface area contributed by atoms with Gasteiger partial charge in [-0.2, -0.15) is 0 Å². The summed E-state index contributed by atoms with van der Waals surface area (Å²) < 4.78 is 5.85. The average Bonchev–Trinajstić information content (AvgIpc) is 2.89. The third-order valence-corrected chi connectivity index (χ3v) is 3.65. The van der Waals surface area contributed by atoms with E-state index in [0.29, 0.717) is 11.4 Å². The average molecular weight is 306 g/mol. The Balaban J connectivity index is 1.89. The number of hydrogen-bond acceptors (Lipinski definition) is 5. The molecule has 2 aromatic rings. The number of ether oxygens (including phenoxy) is 1. The summed E-state index contributed by atoms with van der Waals surface area (Å²) in [6.45, 7) is 1.64. The molecular weight excluding hydrogens is 292 g/mol. The van der Waals surface area contributed by atoms with E-state index in [-0.39, 0.29) is 0 Å². The maximum atomic E-state index is 11.8. The third-order valence-electron chi connectivity index (χ3n) is 2.55. The smallest absolute Gasteiger partial charge is 0.348 e. The van der Waals surface area contributed by atoms with Crippen molar-refractivity contribution in [1.82, 2.24) is 10.6 Å². The zero-order chi connectivity index (χ0) is 15.2. The summed E-state index contributed by atoms with van der Waals surface area (Å²) in [5.74, 6) is -1.25. The van der Waals surface area contributed by atoms with Gasteiger partial charge in [0.1, 0.15) is 4.88 Å². The van der Waals surface area contributed by atoms with Crippen LogP contribution in [-0.4, -0.2) is 31.1 Å². The highest BCUT2D eigenvalue weighted by molar-refractivity contribution is 7.20. The van der Waals surface area contributed by atoms with E-state index >= 15 is 0 Å². The molecule has 21 heavy (non-hydrogen) atoms. The molecule has 0 aliphatic rings. The number of urea groups is 1. The van der Waals surface area contributed by atoms with Crippen molar-refractivity contribution in [2.45, 2.75) is 6.92 Å². The molecule has 1 aromatic carbocycles. The summed E-state index contributed by atoms with van der Waals surface area (Å²) >= 11 is 1.29. The van der Waals surface area contributed by atoms with E-state index in [0.717, 1.165) is 10.1 Å². The lowest BCUT2D eigenvalue weighted by Gasteiger charge is -2.05. The second-order valence-corrected chi connectivity index (χ2v) is 5.22. The molecular formula is C14H14N2O4S. The van der Waals surface area contributed by atoms with Gasteiger partial charge in [-0.05, 0) is 24.4 Å². The number of hydrogen-bond donors (Lipinski definition) is 2. The summed E-state index contributed by atoms with van der Waals surface area (Å²) in [5, 5.41) is 5.40. The van der Waals surface area contributed by atoms with E-state index in [2.05, 4.69) is 10.6 Å². The lowest BCUT2D eigenvalue weighted by atomic mass is 10.2. The fourth-order valence-corrected chi connectivity index (χ4v) is 2.61. The Morgan fingerprint density at radius 3 is 2.71 bits per heavy atom. The predicted octanol–water partition coefficient (Wildman–Crippen LogP) is 1.90. The van der Waals surface area contributed by atoms with Crippen LogP contribution in [0.25, 0.3) is 10.1 Å². The lowest BCUT2D eigenvalue weighted by molar-refractivity contribution is -0.123. The van der Waals surface area contributed by atoms with Crippen molar-refractivity contribution in [3.8, 4) is 0 Å². The van der Waals surface area contributed by atoms with Gasteiger partial charge in [-0.1, -0.05) is 18.2 Å². The van der Waals surface area contributed by atoms with Crippen molar-refractivity contribution < 1.29 is 19.1 Å². The number of imide groups is 1. The van der Waals surface area contributed by atoms with Crippen LogP contribution in [-0.2, 0) is 9.53 Å². The van der Waals surface area contributed by atoms with Gasteiger partial charge in [0, 0.05) is 11.2 Å². The quantitative estimate of drug-likeness (QED) is 0.845. The molecule has 3 amide bonds. The van der Waals surface area contributed by atoms with Crippen molar-refractivity contribution in [1.29, 1.82) is 0 Å². The SMILES string of the molecule is CCNC(=O)NC(=O)COC(=O)c1cc2ccccc2s1. The summed E-state index contributed by atoms with van der Waals surface area (Å²) in [6.07, 6.45) is 0. The van der Waals surface area contributed by atoms with Gasteiger partial charge in [0.05, 0.1) is 0 Å². The van der Waals surface area contributed by atoms with E-state index in [4.69, 9.17) is 4.74 Å².